The first kappa shape index (κ1) is 20.0. The van der Waals surface area contributed by atoms with Gasteiger partial charge in [-0.25, -0.2) is 0 Å². The maximum atomic E-state index is 12.8. The second kappa shape index (κ2) is 5.44. The zero-order valence-corrected chi connectivity index (χ0v) is 19.0. The van der Waals surface area contributed by atoms with Gasteiger partial charge in [0.1, 0.15) is 17.8 Å². The van der Waals surface area contributed by atoms with Crippen molar-refractivity contribution in [2.24, 2.45) is 39.9 Å². The summed E-state index contributed by atoms with van der Waals surface area (Å²) in [5, 5.41) is 24.7. The Kier molecular flexibility index (Phi) is 3.40. The van der Waals surface area contributed by atoms with Gasteiger partial charge in [-0.2, -0.15) is 0 Å². The molecule has 3 aliphatic heterocycles. The zero-order chi connectivity index (χ0) is 22.6. The number of nitrogens with zero attached hydrogens (tertiary/aromatic N) is 1. The maximum absolute atomic E-state index is 12.8. The lowest BCUT2D eigenvalue weighted by molar-refractivity contribution is -0.285. The van der Waals surface area contributed by atoms with Gasteiger partial charge in [0.25, 0.3) is 0 Å². The number of rotatable bonds is 2. The molecule has 3 saturated heterocycles. The number of hydrogen-bond donors (Lipinski definition) is 2. The van der Waals surface area contributed by atoms with Crippen molar-refractivity contribution in [3.8, 4) is 0 Å². The van der Waals surface area contributed by atoms with Crippen LogP contribution in [-0.4, -0.2) is 70.1 Å². The van der Waals surface area contributed by atoms with Gasteiger partial charge >= 0.3 is 11.9 Å². The highest BCUT2D eigenvalue weighted by molar-refractivity contribution is 5.67. The van der Waals surface area contributed by atoms with Gasteiger partial charge in [0.2, 0.25) is 0 Å². The van der Waals surface area contributed by atoms with Crippen LogP contribution in [0.4, 0.5) is 0 Å². The minimum absolute atomic E-state index is 0.0276. The van der Waals surface area contributed by atoms with Crippen LogP contribution in [-0.2, 0) is 19.1 Å². The number of piperidine rings is 3. The second-order valence-electron chi connectivity index (χ2n) is 12.5. The standard InChI is InChI=1S/C25H33NO6/c1-11-5-23-6-14-9-26-10-22(4)7-15(31-12(2)27)8-24(18(14)22)19(23)17(29)16(11)20(32-13(3)28)25(23,30)21(24)26/h14-21,29-30H,1,5-10H2,2-4H3/t14?,15-,16?,17+,18+,19?,20+,21-,22-,23?,24?,25+/m0/s1. The molecular formula is C25H33NO6. The van der Waals surface area contributed by atoms with Crippen LogP contribution in [0, 0.1) is 39.9 Å². The zero-order valence-electron chi connectivity index (χ0n) is 19.0. The maximum Gasteiger partial charge on any atom is 0.303 e. The highest BCUT2D eigenvalue weighted by atomic mass is 16.6. The molecule has 6 aliphatic carbocycles. The minimum Gasteiger partial charge on any atom is -0.463 e. The van der Waals surface area contributed by atoms with Gasteiger partial charge in [0.05, 0.1) is 6.10 Å². The van der Waals surface area contributed by atoms with Crippen LogP contribution in [0.15, 0.2) is 12.2 Å². The van der Waals surface area contributed by atoms with E-state index in [1.54, 1.807) is 0 Å². The number of carbonyl (C=O) groups is 2. The van der Waals surface area contributed by atoms with E-state index in [1.807, 2.05) is 0 Å². The molecule has 3 heterocycles. The average molecular weight is 444 g/mol. The number of carbonyl (C=O) groups excluding carboxylic acids is 2. The summed E-state index contributed by atoms with van der Waals surface area (Å²) in [6.07, 6.45) is 1.30. The molecule has 2 spiro atoms. The van der Waals surface area contributed by atoms with E-state index in [0.29, 0.717) is 24.7 Å². The molecule has 0 aromatic heterocycles. The Balaban J connectivity index is 1.49. The van der Waals surface area contributed by atoms with E-state index in [-0.39, 0.29) is 34.9 Å². The highest BCUT2D eigenvalue weighted by Crippen LogP contribution is 2.86. The average Bonchev–Trinajstić information content (AvgIpc) is 2.67. The molecule has 7 nitrogen and oxygen atoms in total. The van der Waals surface area contributed by atoms with Crippen molar-refractivity contribution in [3.63, 3.8) is 0 Å². The van der Waals surface area contributed by atoms with Gasteiger partial charge in [-0.15, -0.1) is 0 Å². The molecule has 9 rings (SSSR count). The monoisotopic (exact) mass is 443 g/mol. The molecule has 0 aromatic rings. The van der Waals surface area contributed by atoms with Crippen LogP contribution in [0.2, 0.25) is 0 Å². The van der Waals surface area contributed by atoms with Crippen LogP contribution in [0.3, 0.4) is 0 Å². The summed E-state index contributed by atoms with van der Waals surface area (Å²) in [6, 6.07) is -0.202. The first-order valence-corrected chi connectivity index (χ1v) is 12.2. The van der Waals surface area contributed by atoms with Crippen molar-refractivity contribution in [2.45, 2.75) is 76.4 Å². The molecule has 32 heavy (non-hydrogen) atoms. The van der Waals surface area contributed by atoms with Gasteiger partial charge in [-0.3, -0.25) is 14.5 Å². The van der Waals surface area contributed by atoms with Crippen molar-refractivity contribution < 1.29 is 29.3 Å². The summed E-state index contributed by atoms with van der Waals surface area (Å²) in [7, 11) is 0. The first-order valence-electron chi connectivity index (χ1n) is 12.2. The van der Waals surface area contributed by atoms with Crippen molar-refractivity contribution in [1.29, 1.82) is 0 Å². The van der Waals surface area contributed by atoms with E-state index < -0.39 is 35.1 Å². The summed E-state index contributed by atoms with van der Waals surface area (Å²) >= 11 is 0. The number of aliphatic hydroxyl groups is 2. The molecule has 7 heteroatoms. The quantitative estimate of drug-likeness (QED) is 0.490. The van der Waals surface area contributed by atoms with Crippen molar-refractivity contribution >= 4 is 11.9 Å². The van der Waals surface area contributed by atoms with Gasteiger partial charge in [0.15, 0.2) is 0 Å². The van der Waals surface area contributed by atoms with Crippen LogP contribution >= 0.6 is 0 Å². The Morgan fingerprint density at radius 2 is 1.84 bits per heavy atom. The number of esters is 2. The third-order valence-corrected chi connectivity index (χ3v) is 11.1. The molecule has 6 saturated carbocycles. The lowest BCUT2D eigenvalue weighted by atomic mass is 9.35. The summed E-state index contributed by atoms with van der Waals surface area (Å²) in [4.78, 5) is 26.6. The summed E-state index contributed by atoms with van der Waals surface area (Å²) in [5.74, 6) is -0.470. The summed E-state index contributed by atoms with van der Waals surface area (Å²) in [5.41, 5.74) is -1.26. The van der Waals surface area contributed by atoms with Gasteiger partial charge in [0, 0.05) is 55.6 Å². The Labute approximate surface area is 188 Å². The summed E-state index contributed by atoms with van der Waals surface area (Å²) in [6.45, 7) is 11.3. The lowest BCUT2D eigenvalue weighted by Crippen LogP contribution is -2.77. The fraction of sp³-hybridized carbons (Fsp3) is 0.840. The molecular weight excluding hydrogens is 410 g/mol. The van der Waals surface area contributed by atoms with Gasteiger partial charge in [-0.1, -0.05) is 19.1 Å². The number of fused-ring (bicyclic) bond motifs is 1. The largest absolute Gasteiger partial charge is 0.463 e. The Bertz CT molecular complexity index is 981. The molecule has 2 N–H and O–H groups in total. The highest BCUT2D eigenvalue weighted by Gasteiger charge is 2.92. The molecule has 174 valence electrons. The molecule has 9 fully saturated rings. The van der Waals surface area contributed by atoms with Crippen LogP contribution in [0.25, 0.3) is 0 Å². The SMILES string of the molecule is C=C1CC23CC4CN5C[C@]6(C)C[C@H](OC(C)=O)CC7(C2[C@H](O)C1[C@@H](OC(C)=O)[C@@]3(O)[C@@H]57)[C@H]46. The number of ether oxygens (including phenoxy) is 2. The Morgan fingerprint density at radius 1 is 1.12 bits per heavy atom. The fourth-order valence-electron chi connectivity index (χ4n) is 11.7. The van der Waals surface area contributed by atoms with Crippen LogP contribution in [0.5, 0.6) is 0 Å². The minimum atomic E-state index is -1.22. The Morgan fingerprint density at radius 3 is 2.53 bits per heavy atom. The van der Waals surface area contributed by atoms with Gasteiger partial charge < -0.3 is 19.7 Å². The topological polar surface area (TPSA) is 96.3 Å². The fourth-order valence-corrected chi connectivity index (χ4v) is 11.7. The molecule has 0 aromatic carbocycles. The number of aliphatic hydroxyl groups excluding tert-OH is 1. The summed E-state index contributed by atoms with van der Waals surface area (Å²) < 4.78 is 11.7. The van der Waals surface area contributed by atoms with Crippen LogP contribution < -0.4 is 0 Å². The predicted octanol–water partition coefficient (Wildman–Crippen LogP) is 1.27. The Hall–Kier alpha value is -1.44. The smallest absolute Gasteiger partial charge is 0.303 e. The van der Waals surface area contributed by atoms with Gasteiger partial charge in [-0.05, 0) is 42.9 Å². The second-order valence-corrected chi connectivity index (χ2v) is 12.5. The van der Waals surface area contributed by atoms with E-state index in [1.165, 1.54) is 13.8 Å². The van der Waals surface area contributed by atoms with E-state index in [2.05, 4.69) is 18.4 Å². The normalized spacial score (nSPS) is 62.3. The first-order chi connectivity index (χ1) is 15.0. The lowest BCUT2D eigenvalue weighted by Gasteiger charge is -2.74. The van der Waals surface area contributed by atoms with Crippen LogP contribution in [0.1, 0.15) is 46.5 Å². The molecule has 0 amide bonds. The van der Waals surface area contributed by atoms with Crippen molar-refractivity contribution in [1.82, 2.24) is 4.90 Å². The van der Waals surface area contributed by atoms with E-state index in [9.17, 15) is 19.8 Å². The molecule has 9 bridgehead atoms. The molecule has 9 aliphatic rings. The van der Waals surface area contributed by atoms with E-state index >= 15 is 0 Å². The third-order valence-electron chi connectivity index (χ3n) is 11.1. The third kappa shape index (κ3) is 1.77. The predicted molar refractivity (Wildman–Crippen MR) is 112 cm³/mol. The number of hydrogen-bond acceptors (Lipinski definition) is 7. The molecule has 13 atom stereocenters. The van der Waals surface area contributed by atoms with Crippen molar-refractivity contribution in [2.75, 3.05) is 13.1 Å². The molecule has 6 unspecified atom stereocenters. The van der Waals surface area contributed by atoms with Crippen molar-refractivity contribution in [3.05, 3.63) is 12.2 Å². The van der Waals surface area contributed by atoms with E-state index in [0.717, 1.165) is 31.5 Å². The van der Waals surface area contributed by atoms with E-state index in [4.69, 9.17) is 9.47 Å². The molecule has 0 radical (unpaired) electrons.